The lowest BCUT2D eigenvalue weighted by Gasteiger charge is -2.42. The molecule has 2 fully saturated rings. The second-order valence-corrected chi connectivity index (χ2v) is 5.44. The van der Waals surface area contributed by atoms with Gasteiger partial charge in [-0.25, -0.2) is 0 Å². The van der Waals surface area contributed by atoms with E-state index >= 15 is 0 Å². The van der Waals surface area contributed by atoms with Crippen LogP contribution in [0.5, 0.6) is 0 Å². The van der Waals surface area contributed by atoms with E-state index in [2.05, 4.69) is 4.90 Å². The zero-order valence-electron chi connectivity index (χ0n) is 10.4. The summed E-state index contributed by atoms with van der Waals surface area (Å²) in [5.41, 5.74) is 0. The predicted octanol–water partition coefficient (Wildman–Crippen LogP) is 1.73. The Morgan fingerprint density at radius 3 is 2.44 bits per heavy atom. The molecule has 0 spiro atoms. The number of hydrogen-bond acceptors (Lipinski definition) is 2. The highest BCUT2D eigenvalue weighted by Gasteiger charge is 2.28. The molecule has 0 aromatic rings. The molecule has 92 valence electrons. The Morgan fingerprint density at radius 1 is 1.25 bits per heavy atom. The van der Waals surface area contributed by atoms with Gasteiger partial charge in [0.2, 0.25) is 6.41 Å². The highest BCUT2D eigenvalue weighted by atomic mass is 16.1. The van der Waals surface area contributed by atoms with Crippen LogP contribution in [0.2, 0.25) is 0 Å². The van der Waals surface area contributed by atoms with Crippen LogP contribution < -0.4 is 0 Å². The van der Waals surface area contributed by atoms with Crippen molar-refractivity contribution in [2.24, 2.45) is 5.92 Å². The maximum Gasteiger partial charge on any atom is 0.209 e. The lowest BCUT2D eigenvalue weighted by Crippen LogP contribution is -2.45. The van der Waals surface area contributed by atoms with Crippen LogP contribution in [0.4, 0.5) is 0 Å². The zero-order chi connectivity index (χ0) is 11.4. The Hall–Kier alpha value is -0.570. The monoisotopic (exact) mass is 224 g/mol. The summed E-state index contributed by atoms with van der Waals surface area (Å²) in [7, 11) is 1.87. The van der Waals surface area contributed by atoms with Gasteiger partial charge >= 0.3 is 0 Å². The molecule has 0 radical (unpaired) electrons. The van der Waals surface area contributed by atoms with Crippen molar-refractivity contribution in [1.29, 1.82) is 0 Å². The molecule has 1 amide bonds. The quantitative estimate of drug-likeness (QED) is 0.664. The summed E-state index contributed by atoms with van der Waals surface area (Å²) in [6.45, 7) is 3.51. The number of likely N-dealkylation sites (tertiary alicyclic amines) is 1. The molecular weight excluding hydrogens is 200 g/mol. The van der Waals surface area contributed by atoms with Crippen LogP contribution in [0, 0.1) is 5.92 Å². The summed E-state index contributed by atoms with van der Waals surface area (Å²) in [5, 5.41) is 0. The molecule has 0 unspecified atom stereocenters. The summed E-state index contributed by atoms with van der Waals surface area (Å²) >= 11 is 0. The van der Waals surface area contributed by atoms with Crippen LogP contribution in [0.15, 0.2) is 0 Å². The van der Waals surface area contributed by atoms with Gasteiger partial charge in [-0.2, -0.15) is 0 Å². The molecule has 0 atom stereocenters. The summed E-state index contributed by atoms with van der Waals surface area (Å²) in [5.74, 6) is 0.846. The zero-order valence-corrected chi connectivity index (χ0v) is 10.4. The van der Waals surface area contributed by atoms with Crippen LogP contribution in [-0.4, -0.2) is 48.9 Å². The lowest BCUT2D eigenvalue weighted by molar-refractivity contribution is -0.117. The van der Waals surface area contributed by atoms with Crippen LogP contribution in [0.3, 0.4) is 0 Å². The van der Waals surface area contributed by atoms with Gasteiger partial charge in [0.05, 0.1) is 0 Å². The summed E-state index contributed by atoms with van der Waals surface area (Å²) in [4.78, 5) is 14.9. The van der Waals surface area contributed by atoms with E-state index in [1.54, 1.807) is 4.90 Å². The van der Waals surface area contributed by atoms with Gasteiger partial charge in [0, 0.05) is 19.6 Å². The molecule has 1 heterocycles. The van der Waals surface area contributed by atoms with Gasteiger partial charge in [-0.1, -0.05) is 6.42 Å². The van der Waals surface area contributed by atoms with Gasteiger partial charge in [-0.3, -0.25) is 4.79 Å². The molecule has 1 saturated heterocycles. The third-order valence-corrected chi connectivity index (χ3v) is 4.31. The van der Waals surface area contributed by atoms with Crippen molar-refractivity contribution in [3.8, 4) is 0 Å². The molecule has 0 bridgehead atoms. The first-order chi connectivity index (χ1) is 7.79. The molecule has 2 rings (SSSR count). The average Bonchev–Trinajstić information content (AvgIpc) is 2.25. The second-order valence-electron chi connectivity index (χ2n) is 5.44. The van der Waals surface area contributed by atoms with Gasteiger partial charge < -0.3 is 9.80 Å². The van der Waals surface area contributed by atoms with E-state index in [0.717, 1.165) is 24.9 Å². The number of nitrogens with zero attached hydrogens (tertiary/aromatic N) is 2. The first-order valence-electron chi connectivity index (χ1n) is 6.69. The van der Waals surface area contributed by atoms with Crippen molar-refractivity contribution in [1.82, 2.24) is 9.80 Å². The number of carbonyl (C=O) groups excluding carboxylic acids is 1. The Morgan fingerprint density at radius 2 is 1.94 bits per heavy atom. The van der Waals surface area contributed by atoms with Crippen molar-refractivity contribution in [2.45, 2.75) is 44.6 Å². The van der Waals surface area contributed by atoms with Crippen LogP contribution in [-0.2, 0) is 4.79 Å². The SMILES string of the molecule is CN(C=O)CCC1CCN(C2CCC2)CC1. The molecular formula is C13H24N2O. The first kappa shape index (κ1) is 11.9. The summed E-state index contributed by atoms with van der Waals surface area (Å²) < 4.78 is 0. The van der Waals surface area contributed by atoms with E-state index in [9.17, 15) is 4.79 Å². The van der Waals surface area contributed by atoms with Crippen molar-refractivity contribution >= 4 is 6.41 Å². The predicted molar refractivity (Wildman–Crippen MR) is 65.2 cm³/mol. The third kappa shape index (κ3) is 2.97. The number of piperidine rings is 1. The highest BCUT2D eigenvalue weighted by molar-refractivity contribution is 5.46. The molecule has 0 aromatic carbocycles. The Kier molecular flexibility index (Phi) is 4.22. The van der Waals surface area contributed by atoms with E-state index in [1.807, 2.05) is 7.05 Å². The van der Waals surface area contributed by atoms with E-state index in [0.29, 0.717) is 0 Å². The van der Waals surface area contributed by atoms with Gasteiger partial charge in [-0.05, 0) is 51.1 Å². The van der Waals surface area contributed by atoms with E-state index in [-0.39, 0.29) is 0 Å². The smallest absolute Gasteiger partial charge is 0.209 e. The minimum atomic E-state index is 0.846. The Labute approximate surface area is 98.8 Å². The maximum atomic E-state index is 10.5. The minimum absolute atomic E-state index is 0.846. The standard InChI is InChI=1S/C13H24N2O/c1-14(11-16)8-5-12-6-9-15(10-7-12)13-3-2-4-13/h11-13H,2-10H2,1H3. The van der Waals surface area contributed by atoms with E-state index < -0.39 is 0 Å². The molecule has 3 nitrogen and oxygen atoms in total. The fourth-order valence-corrected chi connectivity index (χ4v) is 2.80. The van der Waals surface area contributed by atoms with Gasteiger partial charge in [-0.15, -0.1) is 0 Å². The Balaban J connectivity index is 1.62. The van der Waals surface area contributed by atoms with Crippen LogP contribution in [0.1, 0.15) is 38.5 Å². The fraction of sp³-hybridized carbons (Fsp3) is 0.923. The van der Waals surface area contributed by atoms with Gasteiger partial charge in [0.15, 0.2) is 0 Å². The van der Waals surface area contributed by atoms with Gasteiger partial charge in [0.1, 0.15) is 0 Å². The van der Waals surface area contributed by atoms with Crippen LogP contribution in [0.25, 0.3) is 0 Å². The highest BCUT2D eigenvalue weighted by Crippen LogP contribution is 2.29. The molecule has 0 N–H and O–H groups in total. The second kappa shape index (κ2) is 5.67. The molecule has 1 saturated carbocycles. The summed E-state index contributed by atoms with van der Waals surface area (Å²) in [6.07, 6.45) is 9.09. The molecule has 16 heavy (non-hydrogen) atoms. The molecule has 1 aliphatic heterocycles. The maximum absolute atomic E-state index is 10.5. The minimum Gasteiger partial charge on any atom is -0.348 e. The normalized spacial score (nSPS) is 24.1. The van der Waals surface area contributed by atoms with Crippen molar-refractivity contribution in [2.75, 3.05) is 26.7 Å². The largest absolute Gasteiger partial charge is 0.348 e. The molecule has 2 aliphatic rings. The van der Waals surface area contributed by atoms with Crippen molar-refractivity contribution in [3.63, 3.8) is 0 Å². The summed E-state index contributed by atoms with van der Waals surface area (Å²) in [6, 6.07) is 0.915. The van der Waals surface area contributed by atoms with Crippen molar-refractivity contribution in [3.05, 3.63) is 0 Å². The van der Waals surface area contributed by atoms with Crippen molar-refractivity contribution < 1.29 is 4.79 Å². The average molecular weight is 224 g/mol. The number of carbonyl (C=O) groups is 1. The first-order valence-corrected chi connectivity index (χ1v) is 6.69. The molecule has 1 aliphatic carbocycles. The topological polar surface area (TPSA) is 23.6 Å². The molecule has 3 heteroatoms. The fourth-order valence-electron chi connectivity index (χ4n) is 2.80. The third-order valence-electron chi connectivity index (χ3n) is 4.31. The van der Waals surface area contributed by atoms with Gasteiger partial charge in [0.25, 0.3) is 0 Å². The van der Waals surface area contributed by atoms with E-state index in [1.165, 1.54) is 51.6 Å². The number of hydrogen-bond donors (Lipinski definition) is 0. The molecule has 0 aromatic heterocycles. The number of rotatable bonds is 5. The van der Waals surface area contributed by atoms with E-state index in [4.69, 9.17) is 0 Å². The lowest BCUT2D eigenvalue weighted by atomic mass is 9.87. The Bertz CT molecular complexity index is 220. The van der Waals surface area contributed by atoms with Crippen LogP contribution >= 0.6 is 0 Å². The number of amides is 1.